The summed E-state index contributed by atoms with van der Waals surface area (Å²) in [6.45, 7) is 2.72. The zero-order chi connectivity index (χ0) is 13.9. The van der Waals surface area contributed by atoms with Crippen molar-refractivity contribution in [2.24, 2.45) is 0 Å². The van der Waals surface area contributed by atoms with E-state index in [0.29, 0.717) is 6.54 Å². The molecule has 0 radical (unpaired) electrons. The third kappa shape index (κ3) is 2.83. The van der Waals surface area contributed by atoms with Gasteiger partial charge in [-0.2, -0.15) is 0 Å². The van der Waals surface area contributed by atoms with E-state index in [1.165, 1.54) is 0 Å². The smallest absolute Gasteiger partial charge is 0.162 e. The fraction of sp³-hybridized carbons (Fsp3) is 0.308. The first kappa shape index (κ1) is 13.5. The second kappa shape index (κ2) is 5.88. The minimum Gasteiger partial charge on any atom is -0.462 e. The van der Waals surface area contributed by atoms with Gasteiger partial charge >= 0.3 is 0 Å². The van der Waals surface area contributed by atoms with Crippen molar-refractivity contribution in [2.75, 3.05) is 0 Å². The summed E-state index contributed by atoms with van der Waals surface area (Å²) in [4.78, 5) is 4.80. The summed E-state index contributed by atoms with van der Waals surface area (Å²) in [5, 5.41) is 11.2. The lowest BCUT2D eigenvalue weighted by atomic mass is 10.3. The lowest BCUT2D eigenvalue weighted by Gasteiger charge is -1.99. The SMILES string of the molecule is CCC(Br)c1cn(Cc2csc(-c3ccco3)n2)nn1. The van der Waals surface area contributed by atoms with Crippen molar-refractivity contribution in [3.05, 3.63) is 41.4 Å². The number of halogens is 1. The molecule has 3 rings (SSSR count). The van der Waals surface area contributed by atoms with Crippen LogP contribution in [0.3, 0.4) is 0 Å². The molecule has 20 heavy (non-hydrogen) atoms. The molecule has 0 aromatic carbocycles. The number of furan rings is 1. The van der Waals surface area contributed by atoms with E-state index in [0.717, 1.165) is 28.6 Å². The number of hydrogen-bond acceptors (Lipinski definition) is 5. The van der Waals surface area contributed by atoms with Gasteiger partial charge in [-0.3, -0.25) is 0 Å². The Balaban J connectivity index is 1.73. The molecule has 5 nitrogen and oxygen atoms in total. The molecule has 0 bridgehead atoms. The first-order chi connectivity index (χ1) is 9.76. The van der Waals surface area contributed by atoms with Crippen LogP contribution in [0.25, 0.3) is 10.8 Å². The molecule has 3 heterocycles. The van der Waals surface area contributed by atoms with Crippen molar-refractivity contribution >= 4 is 27.3 Å². The van der Waals surface area contributed by atoms with E-state index < -0.39 is 0 Å². The molecule has 3 aromatic rings. The van der Waals surface area contributed by atoms with Crippen molar-refractivity contribution in [3.63, 3.8) is 0 Å². The van der Waals surface area contributed by atoms with Gasteiger partial charge in [-0.05, 0) is 18.6 Å². The lowest BCUT2D eigenvalue weighted by Crippen LogP contribution is -2.00. The molecule has 104 valence electrons. The van der Waals surface area contributed by atoms with Crippen LogP contribution in [0.5, 0.6) is 0 Å². The van der Waals surface area contributed by atoms with Gasteiger partial charge in [0, 0.05) is 5.38 Å². The molecule has 1 unspecified atom stereocenters. The maximum Gasteiger partial charge on any atom is 0.162 e. The van der Waals surface area contributed by atoms with E-state index in [4.69, 9.17) is 4.42 Å². The van der Waals surface area contributed by atoms with Crippen molar-refractivity contribution in [2.45, 2.75) is 24.7 Å². The fourth-order valence-electron chi connectivity index (χ4n) is 1.80. The van der Waals surface area contributed by atoms with Gasteiger partial charge in [-0.25, -0.2) is 9.67 Å². The van der Waals surface area contributed by atoms with Gasteiger partial charge in [0.05, 0.1) is 35.2 Å². The van der Waals surface area contributed by atoms with Gasteiger partial charge in [0.1, 0.15) is 0 Å². The van der Waals surface area contributed by atoms with Crippen LogP contribution in [0.2, 0.25) is 0 Å². The average Bonchev–Trinajstić information content (AvgIpc) is 3.19. The molecule has 0 aliphatic rings. The Hall–Kier alpha value is -1.47. The predicted molar refractivity (Wildman–Crippen MR) is 80.9 cm³/mol. The molecule has 0 fully saturated rings. The van der Waals surface area contributed by atoms with Gasteiger partial charge in [0.25, 0.3) is 0 Å². The standard InChI is InChI=1S/C13H13BrN4OS/c1-2-10(14)11-7-18(17-16-11)6-9-8-20-13(15-9)12-4-3-5-19-12/h3-5,7-8,10H,2,6H2,1H3. The summed E-state index contributed by atoms with van der Waals surface area (Å²) >= 11 is 5.14. The van der Waals surface area contributed by atoms with Crippen LogP contribution in [-0.4, -0.2) is 20.0 Å². The third-order valence-electron chi connectivity index (χ3n) is 2.84. The summed E-state index contributed by atoms with van der Waals surface area (Å²) < 4.78 is 7.15. The number of rotatable bonds is 5. The Labute approximate surface area is 128 Å². The van der Waals surface area contributed by atoms with Gasteiger partial charge in [0.2, 0.25) is 0 Å². The Bertz CT molecular complexity index is 676. The number of aromatic nitrogens is 4. The normalized spacial score (nSPS) is 12.7. The monoisotopic (exact) mass is 352 g/mol. The number of hydrogen-bond donors (Lipinski definition) is 0. The zero-order valence-corrected chi connectivity index (χ0v) is 13.3. The number of thiazole rings is 1. The van der Waals surface area contributed by atoms with Crippen LogP contribution < -0.4 is 0 Å². The molecular formula is C13H13BrN4OS. The van der Waals surface area contributed by atoms with Crippen LogP contribution in [0.4, 0.5) is 0 Å². The van der Waals surface area contributed by atoms with Gasteiger partial charge < -0.3 is 4.42 Å². The quantitative estimate of drug-likeness (QED) is 0.653. The largest absolute Gasteiger partial charge is 0.462 e. The minimum atomic E-state index is 0.255. The molecule has 1 atom stereocenters. The van der Waals surface area contributed by atoms with E-state index in [9.17, 15) is 0 Å². The Kier molecular flexibility index (Phi) is 3.98. The van der Waals surface area contributed by atoms with E-state index in [1.807, 2.05) is 23.7 Å². The van der Waals surface area contributed by atoms with Crippen LogP contribution in [0.1, 0.15) is 29.6 Å². The molecule has 0 aliphatic heterocycles. The summed E-state index contributed by atoms with van der Waals surface area (Å²) in [6, 6.07) is 3.77. The first-order valence-electron chi connectivity index (χ1n) is 6.28. The second-order valence-corrected chi connectivity index (χ2v) is 6.30. The average molecular weight is 353 g/mol. The van der Waals surface area contributed by atoms with Gasteiger partial charge in [-0.15, -0.1) is 16.4 Å². The molecule has 0 aliphatic carbocycles. The van der Waals surface area contributed by atoms with E-state index in [-0.39, 0.29) is 4.83 Å². The van der Waals surface area contributed by atoms with E-state index in [2.05, 4.69) is 38.1 Å². The maximum atomic E-state index is 5.34. The third-order valence-corrected chi connectivity index (χ3v) is 4.87. The highest BCUT2D eigenvalue weighted by Crippen LogP contribution is 2.25. The van der Waals surface area contributed by atoms with E-state index >= 15 is 0 Å². The van der Waals surface area contributed by atoms with Crippen molar-refractivity contribution < 1.29 is 4.42 Å². The van der Waals surface area contributed by atoms with Crippen molar-refractivity contribution in [1.82, 2.24) is 20.0 Å². The molecule has 7 heteroatoms. The number of alkyl halides is 1. The molecule has 0 saturated heterocycles. The maximum absolute atomic E-state index is 5.34. The first-order valence-corrected chi connectivity index (χ1v) is 8.08. The summed E-state index contributed by atoms with van der Waals surface area (Å²) in [6.07, 6.45) is 4.59. The molecule has 0 N–H and O–H groups in total. The topological polar surface area (TPSA) is 56.7 Å². The molecule has 3 aromatic heterocycles. The Morgan fingerprint density at radius 2 is 2.40 bits per heavy atom. The highest BCUT2D eigenvalue weighted by atomic mass is 79.9. The highest BCUT2D eigenvalue weighted by Gasteiger charge is 2.11. The Morgan fingerprint density at radius 1 is 1.50 bits per heavy atom. The fourth-order valence-corrected chi connectivity index (χ4v) is 2.79. The molecule has 0 spiro atoms. The molecule has 0 amide bonds. The summed E-state index contributed by atoms with van der Waals surface area (Å²) in [5.74, 6) is 0.798. The minimum absolute atomic E-state index is 0.255. The van der Waals surface area contributed by atoms with Crippen LogP contribution >= 0.6 is 27.3 Å². The summed E-state index contributed by atoms with van der Waals surface area (Å²) in [5.41, 5.74) is 1.91. The summed E-state index contributed by atoms with van der Waals surface area (Å²) in [7, 11) is 0. The lowest BCUT2D eigenvalue weighted by molar-refractivity contribution is 0.581. The second-order valence-electron chi connectivity index (χ2n) is 4.34. The molecular weight excluding hydrogens is 340 g/mol. The van der Waals surface area contributed by atoms with Crippen molar-refractivity contribution in [3.8, 4) is 10.8 Å². The van der Waals surface area contributed by atoms with Crippen LogP contribution in [-0.2, 0) is 6.54 Å². The number of nitrogens with zero attached hydrogens (tertiary/aromatic N) is 4. The van der Waals surface area contributed by atoms with Gasteiger partial charge in [0.15, 0.2) is 10.8 Å². The van der Waals surface area contributed by atoms with Crippen LogP contribution in [0.15, 0.2) is 34.4 Å². The predicted octanol–water partition coefficient (Wildman–Crippen LogP) is 3.89. The van der Waals surface area contributed by atoms with Gasteiger partial charge in [-0.1, -0.05) is 28.1 Å². The zero-order valence-electron chi connectivity index (χ0n) is 10.9. The Morgan fingerprint density at radius 3 is 3.15 bits per heavy atom. The van der Waals surface area contributed by atoms with Crippen LogP contribution in [0, 0.1) is 0 Å². The van der Waals surface area contributed by atoms with Crippen molar-refractivity contribution in [1.29, 1.82) is 0 Å². The van der Waals surface area contributed by atoms with E-state index in [1.54, 1.807) is 22.3 Å². The highest BCUT2D eigenvalue weighted by molar-refractivity contribution is 9.09. The molecule has 0 saturated carbocycles.